The zero-order valence-electron chi connectivity index (χ0n) is 15.9. The number of hydrogen-bond donors (Lipinski definition) is 1. The van der Waals surface area contributed by atoms with Crippen LogP contribution in [-0.2, 0) is 14.6 Å². The highest BCUT2D eigenvalue weighted by Gasteiger charge is 2.38. The lowest BCUT2D eigenvalue weighted by Gasteiger charge is -2.49. The number of hydrogen-bond acceptors (Lipinski definition) is 6. The van der Waals surface area contributed by atoms with Gasteiger partial charge in [0.1, 0.15) is 5.40 Å². The minimum atomic E-state index is -4.20. The summed E-state index contributed by atoms with van der Waals surface area (Å²) >= 11 is 0. The van der Waals surface area contributed by atoms with E-state index < -0.39 is 10.4 Å². The molecule has 0 bridgehead atoms. The Morgan fingerprint density at radius 2 is 1.52 bits per heavy atom. The van der Waals surface area contributed by atoms with Crippen LogP contribution in [0, 0.1) is 0 Å². The standard InChI is InChI=1S/C10H26N3P.C4H10O4S/c1-8-9(11(2)3)10(14,12(4)5)13(6)7;1-2-3-4-8-9(5,6)7/h9H,8,14H2,1-7H3;2-4H2,1H3,(H,5,6,7). The fourth-order valence-electron chi connectivity index (χ4n) is 2.35. The van der Waals surface area contributed by atoms with E-state index in [2.05, 4.69) is 77.3 Å². The molecule has 2 unspecified atom stereocenters. The van der Waals surface area contributed by atoms with Crippen LogP contribution in [0.25, 0.3) is 0 Å². The summed E-state index contributed by atoms with van der Waals surface area (Å²) in [6.07, 6.45) is 2.61. The molecule has 0 rings (SSSR count). The molecule has 0 saturated carbocycles. The van der Waals surface area contributed by atoms with E-state index in [4.69, 9.17) is 4.55 Å². The van der Waals surface area contributed by atoms with E-state index in [1.807, 2.05) is 6.92 Å². The highest BCUT2D eigenvalue weighted by atomic mass is 32.3. The SMILES string of the molecule is CCC(N(C)C)C(P)(N(C)C)N(C)C.CCCCOS(=O)(=O)O. The van der Waals surface area contributed by atoms with Crippen LogP contribution in [0.2, 0.25) is 0 Å². The fraction of sp³-hybridized carbons (Fsp3) is 1.00. The smallest absolute Gasteiger partial charge is 0.303 e. The van der Waals surface area contributed by atoms with Crippen molar-refractivity contribution in [3.05, 3.63) is 0 Å². The first-order valence-corrected chi connectivity index (χ1v) is 9.70. The van der Waals surface area contributed by atoms with Gasteiger partial charge >= 0.3 is 10.4 Å². The van der Waals surface area contributed by atoms with E-state index in [1.165, 1.54) is 0 Å². The molecule has 2 atom stereocenters. The van der Waals surface area contributed by atoms with Crippen LogP contribution in [-0.4, -0.2) is 88.0 Å². The summed E-state index contributed by atoms with van der Waals surface area (Å²) in [5.74, 6) is 0. The molecule has 0 aromatic rings. The summed E-state index contributed by atoms with van der Waals surface area (Å²) in [5, 5.41) is -0.00174. The molecule has 7 nitrogen and oxygen atoms in total. The monoisotopic (exact) mass is 373 g/mol. The van der Waals surface area contributed by atoms with E-state index in [0.29, 0.717) is 12.5 Å². The lowest BCUT2D eigenvalue weighted by molar-refractivity contribution is 0.0131. The van der Waals surface area contributed by atoms with Gasteiger partial charge in [-0.2, -0.15) is 8.42 Å². The van der Waals surface area contributed by atoms with E-state index in [-0.39, 0.29) is 12.0 Å². The topological polar surface area (TPSA) is 73.3 Å². The highest BCUT2D eigenvalue weighted by molar-refractivity contribution is 7.80. The number of rotatable bonds is 9. The molecule has 23 heavy (non-hydrogen) atoms. The van der Waals surface area contributed by atoms with Gasteiger partial charge in [-0.3, -0.25) is 14.4 Å². The first-order chi connectivity index (χ1) is 10.3. The molecule has 0 aromatic carbocycles. The second kappa shape index (κ2) is 11.7. The summed E-state index contributed by atoms with van der Waals surface area (Å²) in [5.41, 5.74) is 0. The van der Waals surface area contributed by atoms with Gasteiger partial charge in [0.2, 0.25) is 0 Å². The van der Waals surface area contributed by atoms with E-state index >= 15 is 0 Å². The first-order valence-electron chi connectivity index (χ1n) is 7.76. The average Bonchev–Trinajstić information content (AvgIpc) is 2.37. The van der Waals surface area contributed by atoms with Crippen molar-refractivity contribution < 1.29 is 17.2 Å². The van der Waals surface area contributed by atoms with Crippen molar-refractivity contribution in [2.24, 2.45) is 0 Å². The Balaban J connectivity index is 0. The molecule has 142 valence electrons. The summed E-state index contributed by atoms with van der Waals surface area (Å²) in [7, 11) is 11.6. The zero-order chi connectivity index (χ0) is 18.8. The molecule has 0 aliphatic heterocycles. The molecule has 0 aromatic heterocycles. The minimum absolute atomic E-state index is 0.00174. The minimum Gasteiger partial charge on any atom is -0.303 e. The second-order valence-corrected chi connectivity index (χ2v) is 8.00. The Morgan fingerprint density at radius 1 is 1.09 bits per heavy atom. The third kappa shape index (κ3) is 9.92. The maximum Gasteiger partial charge on any atom is 0.397 e. The van der Waals surface area contributed by atoms with Gasteiger partial charge in [0, 0.05) is 6.04 Å². The van der Waals surface area contributed by atoms with E-state index in [9.17, 15) is 8.42 Å². The Hall–Kier alpha value is 0.180. The van der Waals surface area contributed by atoms with Crippen molar-refractivity contribution in [2.45, 2.75) is 44.6 Å². The largest absolute Gasteiger partial charge is 0.397 e. The van der Waals surface area contributed by atoms with Gasteiger partial charge in [0.05, 0.1) is 6.61 Å². The zero-order valence-corrected chi connectivity index (χ0v) is 17.9. The van der Waals surface area contributed by atoms with Crippen molar-refractivity contribution in [3.63, 3.8) is 0 Å². The Bertz CT molecular complexity index is 395. The molecule has 0 fully saturated rings. The molecule has 0 saturated heterocycles. The molecule has 0 amide bonds. The van der Waals surface area contributed by atoms with Crippen LogP contribution in [0.15, 0.2) is 0 Å². The maximum absolute atomic E-state index is 9.84. The average molecular weight is 374 g/mol. The van der Waals surface area contributed by atoms with Crippen molar-refractivity contribution in [2.75, 3.05) is 48.9 Å². The molecule has 0 spiro atoms. The number of nitrogens with zero attached hydrogens (tertiary/aromatic N) is 3. The van der Waals surface area contributed by atoms with Crippen molar-refractivity contribution >= 4 is 19.6 Å². The van der Waals surface area contributed by atoms with Gasteiger partial charge in [-0.25, -0.2) is 4.18 Å². The lowest BCUT2D eigenvalue weighted by atomic mass is 10.1. The molecular weight excluding hydrogens is 337 g/mol. The fourth-order valence-corrected chi connectivity index (χ4v) is 3.21. The molecule has 0 aliphatic carbocycles. The van der Waals surface area contributed by atoms with E-state index in [0.717, 1.165) is 12.8 Å². The molecule has 0 radical (unpaired) electrons. The summed E-state index contributed by atoms with van der Waals surface area (Å²) in [6.45, 7) is 4.19. The second-order valence-electron chi connectivity index (χ2n) is 6.06. The maximum atomic E-state index is 9.84. The van der Waals surface area contributed by atoms with Crippen LogP contribution in [0.1, 0.15) is 33.1 Å². The predicted octanol–water partition coefficient (Wildman–Crippen LogP) is 1.58. The predicted molar refractivity (Wildman–Crippen MR) is 100.0 cm³/mol. The van der Waals surface area contributed by atoms with Crippen LogP contribution >= 0.6 is 9.24 Å². The molecule has 9 heteroatoms. The molecular formula is C14H36N3O4PS. The molecule has 0 heterocycles. The number of likely N-dealkylation sites (N-methyl/N-ethyl adjacent to an activating group) is 3. The Kier molecular flexibility index (Phi) is 12.9. The lowest BCUT2D eigenvalue weighted by Crippen LogP contribution is -2.61. The third-order valence-corrected chi connectivity index (χ3v) is 5.55. The Morgan fingerprint density at radius 3 is 1.70 bits per heavy atom. The number of unbranched alkanes of at least 4 members (excludes halogenated alkanes) is 1. The van der Waals surface area contributed by atoms with Crippen LogP contribution in [0.5, 0.6) is 0 Å². The van der Waals surface area contributed by atoms with E-state index in [1.54, 1.807) is 0 Å². The summed E-state index contributed by atoms with van der Waals surface area (Å²) in [4.78, 5) is 6.80. The van der Waals surface area contributed by atoms with Crippen molar-refractivity contribution in [3.8, 4) is 0 Å². The van der Waals surface area contributed by atoms with Crippen molar-refractivity contribution in [1.29, 1.82) is 0 Å². The summed E-state index contributed by atoms with van der Waals surface area (Å²) < 4.78 is 31.7. The van der Waals surface area contributed by atoms with Crippen molar-refractivity contribution in [1.82, 2.24) is 14.7 Å². The third-order valence-electron chi connectivity index (χ3n) is 3.66. The van der Waals surface area contributed by atoms with Crippen LogP contribution < -0.4 is 0 Å². The molecule has 0 aliphatic rings. The van der Waals surface area contributed by atoms with Gasteiger partial charge in [-0.05, 0) is 55.1 Å². The van der Waals surface area contributed by atoms with Gasteiger partial charge in [-0.15, -0.1) is 0 Å². The highest BCUT2D eigenvalue weighted by Crippen LogP contribution is 2.31. The van der Waals surface area contributed by atoms with Gasteiger partial charge in [0.15, 0.2) is 0 Å². The van der Waals surface area contributed by atoms with Gasteiger partial charge in [-0.1, -0.05) is 29.5 Å². The quantitative estimate of drug-likeness (QED) is 0.285. The normalized spacial score (nSPS) is 14.1. The van der Waals surface area contributed by atoms with Crippen LogP contribution in [0.4, 0.5) is 0 Å². The summed E-state index contributed by atoms with van der Waals surface area (Å²) in [6, 6.07) is 0.498. The first kappa shape index (κ1) is 25.4. The Labute approximate surface area is 145 Å². The van der Waals surface area contributed by atoms with Gasteiger partial charge in [0.25, 0.3) is 0 Å². The van der Waals surface area contributed by atoms with Gasteiger partial charge < -0.3 is 4.90 Å². The molecule has 1 N–H and O–H groups in total. The van der Waals surface area contributed by atoms with Crippen LogP contribution in [0.3, 0.4) is 0 Å².